The van der Waals surface area contributed by atoms with E-state index in [2.05, 4.69) is 0 Å². The monoisotopic (exact) mass is 268 g/mol. The number of hydrogen-bond donors (Lipinski definition) is 0. The summed E-state index contributed by atoms with van der Waals surface area (Å²) in [5.41, 5.74) is 0.661. The Hall–Kier alpha value is -2.75. The third-order valence-corrected chi connectivity index (χ3v) is 2.96. The molecule has 3 rings (SSSR count). The number of ether oxygens (including phenoxy) is 1. The van der Waals surface area contributed by atoms with Crippen molar-refractivity contribution in [3.8, 4) is 5.75 Å². The van der Waals surface area contributed by atoms with Gasteiger partial charge in [0, 0.05) is 0 Å². The minimum absolute atomic E-state index is 0.103. The van der Waals surface area contributed by atoms with Crippen LogP contribution in [0, 0.1) is 5.82 Å². The van der Waals surface area contributed by atoms with Crippen LogP contribution in [0.2, 0.25) is 0 Å². The maximum Gasteiger partial charge on any atom is 0.347 e. The molecule has 0 N–H and O–H groups in total. The van der Waals surface area contributed by atoms with Gasteiger partial charge < -0.3 is 4.74 Å². The van der Waals surface area contributed by atoms with Crippen LogP contribution < -0.4 is 4.74 Å². The first-order valence-corrected chi connectivity index (χ1v) is 5.98. The number of rotatable bonds is 1. The van der Waals surface area contributed by atoms with Crippen LogP contribution in [0.3, 0.4) is 0 Å². The second-order valence-electron chi connectivity index (χ2n) is 4.33. The van der Waals surface area contributed by atoms with E-state index in [0.717, 1.165) is 0 Å². The van der Waals surface area contributed by atoms with Gasteiger partial charge in [-0.25, -0.2) is 9.18 Å². The predicted octanol–water partition coefficient (Wildman–Crippen LogP) is 3.01. The van der Waals surface area contributed by atoms with Gasteiger partial charge in [0.2, 0.25) is 5.78 Å². The highest BCUT2D eigenvalue weighted by Gasteiger charge is 2.30. The molecule has 98 valence electrons. The van der Waals surface area contributed by atoms with Gasteiger partial charge in [-0.15, -0.1) is 0 Å². The lowest BCUT2D eigenvalue weighted by atomic mass is 9.98. The van der Waals surface area contributed by atoms with Crippen LogP contribution in [-0.2, 0) is 4.79 Å². The second kappa shape index (κ2) is 4.74. The van der Waals surface area contributed by atoms with Gasteiger partial charge in [0.25, 0.3) is 0 Å². The van der Waals surface area contributed by atoms with Crippen LogP contribution in [0.15, 0.2) is 54.1 Å². The Labute approximate surface area is 114 Å². The number of para-hydroxylation sites is 1. The van der Waals surface area contributed by atoms with Crippen molar-refractivity contribution in [1.29, 1.82) is 0 Å². The van der Waals surface area contributed by atoms with Crippen molar-refractivity contribution in [3.05, 3.63) is 71.0 Å². The van der Waals surface area contributed by atoms with Crippen LogP contribution in [0.25, 0.3) is 6.08 Å². The van der Waals surface area contributed by atoms with Crippen molar-refractivity contribution in [2.24, 2.45) is 0 Å². The van der Waals surface area contributed by atoms with E-state index in [4.69, 9.17) is 4.74 Å². The molecule has 2 aromatic carbocycles. The molecule has 0 fully saturated rings. The largest absolute Gasteiger partial charge is 0.422 e. The highest BCUT2D eigenvalue weighted by atomic mass is 19.1. The number of carbonyl (C=O) groups is 2. The molecule has 1 aliphatic rings. The van der Waals surface area contributed by atoms with E-state index < -0.39 is 17.6 Å². The topological polar surface area (TPSA) is 43.4 Å². The zero-order chi connectivity index (χ0) is 14.1. The van der Waals surface area contributed by atoms with Crippen LogP contribution in [0.5, 0.6) is 5.75 Å². The molecule has 0 aliphatic carbocycles. The van der Waals surface area contributed by atoms with Crippen molar-refractivity contribution < 1.29 is 18.7 Å². The van der Waals surface area contributed by atoms with Gasteiger partial charge in [-0.3, -0.25) is 4.79 Å². The zero-order valence-corrected chi connectivity index (χ0v) is 10.3. The highest BCUT2D eigenvalue weighted by molar-refractivity contribution is 6.30. The molecule has 0 radical (unpaired) electrons. The van der Waals surface area contributed by atoms with Crippen LogP contribution in [0.1, 0.15) is 15.9 Å². The molecule has 0 spiro atoms. The molecule has 4 heteroatoms. The molecule has 0 saturated carbocycles. The Morgan fingerprint density at radius 2 is 1.80 bits per heavy atom. The van der Waals surface area contributed by atoms with Crippen LogP contribution >= 0.6 is 0 Å². The van der Waals surface area contributed by atoms with E-state index in [1.54, 1.807) is 30.3 Å². The Bertz CT molecular complexity index is 747. The van der Waals surface area contributed by atoms with Gasteiger partial charge >= 0.3 is 5.97 Å². The SMILES string of the molecule is O=C1Oc2ccccc2C(=O)C1=Cc1cccc(F)c1. The minimum atomic E-state index is -0.724. The Morgan fingerprint density at radius 1 is 1.00 bits per heavy atom. The summed E-state index contributed by atoms with van der Waals surface area (Å²) in [6.45, 7) is 0. The number of Topliss-reactive ketones (excluding diaryl/α,β-unsaturated/α-hetero) is 1. The summed E-state index contributed by atoms with van der Waals surface area (Å²) in [5.74, 6) is -1.32. The fourth-order valence-electron chi connectivity index (χ4n) is 2.02. The third-order valence-electron chi connectivity index (χ3n) is 2.96. The summed E-state index contributed by atoms with van der Waals surface area (Å²) in [7, 11) is 0. The molecule has 0 saturated heterocycles. The van der Waals surface area contributed by atoms with Crippen LogP contribution in [0.4, 0.5) is 4.39 Å². The zero-order valence-electron chi connectivity index (χ0n) is 10.3. The molecule has 0 atom stereocenters. The molecular weight excluding hydrogens is 259 g/mol. The second-order valence-corrected chi connectivity index (χ2v) is 4.33. The third kappa shape index (κ3) is 2.12. The summed E-state index contributed by atoms with van der Waals surface area (Å²) < 4.78 is 18.2. The average Bonchev–Trinajstić information content (AvgIpc) is 2.43. The molecule has 1 aliphatic heterocycles. The van der Waals surface area contributed by atoms with Gasteiger partial charge in [0.1, 0.15) is 17.1 Å². The number of carbonyl (C=O) groups excluding carboxylic acids is 2. The molecule has 2 aromatic rings. The average molecular weight is 268 g/mol. The molecule has 0 bridgehead atoms. The van der Waals surface area contributed by atoms with E-state index in [9.17, 15) is 14.0 Å². The molecule has 3 nitrogen and oxygen atoms in total. The fraction of sp³-hybridized carbons (Fsp3) is 0. The Kier molecular flexibility index (Phi) is 2.91. The summed E-state index contributed by atoms with van der Waals surface area (Å²) in [6, 6.07) is 12.2. The minimum Gasteiger partial charge on any atom is -0.422 e. The number of ketones is 1. The first-order chi connectivity index (χ1) is 9.65. The number of halogens is 1. The van der Waals surface area contributed by atoms with E-state index in [-0.39, 0.29) is 11.3 Å². The molecule has 0 unspecified atom stereocenters. The molecule has 0 aromatic heterocycles. The lowest BCUT2D eigenvalue weighted by Gasteiger charge is -2.16. The van der Waals surface area contributed by atoms with Crippen molar-refractivity contribution in [2.45, 2.75) is 0 Å². The maximum atomic E-state index is 13.1. The summed E-state index contributed by atoms with van der Waals surface area (Å²) in [5, 5.41) is 0. The Morgan fingerprint density at radius 3 is 2.60 bits per heavy atom. The number of hydrogen-bond acceptors (Lipinski definition) is 3. The lowest BCUT2D eigenvalue weighted by molar-refractivity contribution is -0.130. The van der Waals surface area contributed by atoms with Gasteiger partial charge in [-0.2, -0.15) is 0 Å². The first kappa shape index (κ1) is 12.3. The number of benzene rings is 2. The van der Waals surface area contributed by atoms with Gasteiger partial charge in [0.15, 0.2) is 0 Å². The summed E-state index contributed by atoms with van der Waals surface area (Å²) in [4.78, 5) is 24.1. The van der Waals surface area contributed by atoms with Crippen molar-refractivity contribution in [3.63, 3.8) is 0 Å². The van der Waals surface area contributed by atoms with Gasteiger partial charge in [0.05, 0.1) is 5.56 Å². The summed E-state index contributed by atoms with van der Waals surface area (Å²) in [6.07, 6.45) is 1.34. The standard InChI is InChI=1S/C16H9FO3/c17-11-5-3-4-10(8-11)9-13-15(18)12-6-1-2-7-14(12)20-16(13)19/h1-9H. The first-order valence-electron chi connectivity index (χ1n) is 5.98. The summed E-state index contributed by atoms with van der Waals surface area (Å²) >= 11 is 0. The Balaban J connectivity index is 2.07. The lowest BCUT2D eigenvalue weighted by Crippen LogP contribution is -2.24. The van der Waals surface area contributed by atoms with Crippen molar-refractivity contribution in [1.82, 2.24) is 0 Å². The predicted molar refractivity (Wildman–Crippen MR) is 70.8 cm³/mol. The van der Waals surface area contributed by atoms with Gasteiger partial charge in [-0.05, 0) is 35.9 Å². The highest BCUT2D eigenvalue weighted by Crippen LogP contribution is 2.28. The number of esters is 1. The van der Waals surface area contributed by atoms with Crippen molar-refractivity contribution in [2.75, 3.05) is 0 Å². The van der Waals surface area contributed by atoms with E-state index in [1.807, 2.05) is 0 Å². The normalized spacial score (nSPS) is 15.9. The number of fused-ring (bicyclic) bond motifs is 1. The molecular formula is C16H9FO3. The van der Waals surface area contributed by atoms with E-state index in [0.29, 0.717) is 11.1 Å². The maximum absolute atomic E-state index is 13.1. The van der Waals surface area contributed by atoms with E-state index in [1.165, 1.54) is 24.3 Å². The fourth-order valence-corrected chi connectivity index (χ4v) is 2.02. The quantitative estimate of drug-likeness (QED) is 0.345. The molecule has 1 heterocycles. The smallest absolute Gasteiger partial charge is 0.347 e. The van der Waals surface area contributed by atoms with Crippen molar-refractivity contribution >= 4 is 17.8 Å². The van der Waals surface area contributed by atoms with E-state index >= 15 is 0 Å². The molecule has 0 amide bonds. The van der Waals surface area contributed by atoms with Gasteiger partial charge in [-0.1, -0.05) is 24.3 Å². The molecule has 20 heavy (non-hydrogen) atoms. The van der Waals surface area contributed by atoms with Crippen LogP contribution in [-0.4, -0.2) is 11.8 Å².